The molecule has 5 nitrogen and oxygen atoms in total. The Morgan fingerprint density at radius 2 is 2.12 bits per heavy atom. The third-order valence-electron chi connectivity index (χ3n) is 3.47. The largest absolute Gasteiger partial charge is 0.418 e. The fraction of sp³-hybridized carbons (Fsp3) is 0.500. The second-order valence-electron chi connectivity index (χ2n) is 4.67. The second-order valence-corrected chi connectivity index (χ2v) is 4.67. The van der Waals surface area contributed by atoms with Crippen molar-refractivity contribution in [2.24, 2.45) is 0 Å². The number of hydrogen-bond donors (Lipinski definition) is 2. The number of aromatic nitrogens is 2. The number of rotatable bonds is 1. The SMILES string of the molecule is Nc1cc2[nH]c(=O)oc2nc1C1CCCCC1. The standard InChI is InChI=1S/C12H15N3O2/c13-8-6-9-11(17-12(16)14-9)15-10(8)7-4-2-1-3-5-7/h6-7H,1-5,13H2,(H,14,16). The Hall–Kier alpha value is -1.78. The van der Waals surface area contributed by atoms with Crippen LogP contribution in [-0.2, 0) is 0 Å². The van der Waals surface area contributed by atoms with E-state index < -0.39 is 5.76 Å². The molecule has 0 spiro atoms. The number of anilines is 1. The highest BCUT2D eigenvalue weighted by Crippen LogP contribution is 2.35. The molecular weight excluding hydrogens is 218 g/mol. The van der Waals surface area contributed by atoms with Crippen LogP contribution in [0.3, 0.4) is 0 Å². The van der Waals surface area contributed by atoms with Crippen LogP contribution in [0.5, 0.6) is 0 Å². The molecule has 17 heavy (non-hydrogen) atoms. The van der Waals surface area contributed by atoms with E-state index in [-0.39, 0.29) is 0 Å². The smallest absolute Gasteiger partial charge is 0.397 e. The van der Waals surface area contributed by atoms with E-state index in [2.05, 4.69) is 9.97 Å². The summed E-state index contributed by atoms with van der Waals surface area (Å²) in [6, 6.07) is 1.75. The van der Waals surface area contributed by atoms with Crippen molar-refractivity contribution in [2.75, 3.05) is 5.73 Å². The van der Waals surface area contributed by atoms with E-state index in [9.17, 15) is 4.79 Å². The number of hydrogen-bond acceptors (Lipinski definition) is 4. The summed E-state index contributed by atoms with van der Waals surface area (Å²) in [5.41, 5.74) is 8.49. The highest BCUT2D eigenvalue weighted by atomic mass is 16.4. The summed E-state index contributed by atoms with van der Waals surface area (Å²) in [5, 5.41) is 0. The van der Waals surface area contributed by atoms with Crippen LogP contribution >= 0.6 is 0 Å². The molecule has 0 amide bonds. The Labute approximate surface area is 98.0 Å². The minimum absolute atomic E-state index is 0.366. The lowest BCUT2D eigenvalue weighted by molar-refractivity contribution is 0.436. The predicted octanol–water partition coefficient (Wildman–Crippen LogP) is 2.15. The molecular formula is C12H15N3O2. The van der Waals surface area contributed by atoms with E-state index in [1.54, 1.807) is 6.07 Å². The van der Waals surface area contributed by atoms with Crippen LogP contribution in [0.25, 0.3) is 11.2 Å². The summed E-state index contributed by atoms with van der Waals surface area (Å²) in [6.45, 7) is 0. The molecule has 0 saturated heterocycles. The second kappa shape index (κ2) is 3.91. The number of nitrogens with zero attached hydrogens (tertiary/aromatic N) is 1. The van der Waals surface area contributed by atoms with Crippen LogP contribution in [0, 0.1) is 0 Å². The molecule has 2 aromatic heterocycles. The Kier molecular flexibility index (Phi) is 2.39. The number of nitrogen functional groups attached to an aromatic ring is 1. The summed E-state index contributed by atoms with van der Waals surface area (Å²) in [6.07, 6.45) is 5.98. The molecule has 0 aromatic carbocycles. The number of nitrogens with two attached hydrogens (primary N) is 1. The molecule has 0 unspecified atom stereocenters. The molecule has 0 bridgehead atoms. The van der Waals surface area contributed by atoms with Crippen LogP contribution < -0.4 is 11.5 Å². The maximum absolute atomic E-state index is 11.1. The molecule has 1 fully saturated rings. The van der Waals surface area contributed by atoms with E-state index in [0.717, 1.165) is 18.5 Å². The van der Waals surface area contributed by atoms with Gasteiger partial charge in [0.15, 0.2) is 0 Å². The van der Waals surface area contributed by atoms with Crippen molar-refractivity contribution in [3.8, 4) is 0 Å². The van der Waals surface area contributed by atoms with Gasteiger partial charge in [0.05, 0.1) is 11.4 Å². The predicted molar refractivity (Wildman–Crippen MR) is 64.9 cm³/mol. The molecule has 5 heteroatoms. The van der Waals surface area contributed by atoms with Crippen LogP contribution in [0.1, 0.15) is 43.7 Å². The average molecular weight is 233 g/mol. The Balaban J connectivity index is 2.08. The topological polar surface area (TPSA) is 84.9 Å². The van der Waals surface area contributed by atoms with Crippen molar-refractivity contribution in [1.82, 2.24) is 9.97 Å². The summed E-state index contributed by atoms with van der Waals surface area (Å²) in [5.74, 6) is -0.0685. The van der Waals surface area contributed by atoms with Crippen molar-refractivity contribution in [2.45, 2.75) is 38.0 Å². The normalized spacial score (nSPS) is 17.6. The zero-order valence-corrected chi connectivity index (χ0v) is 9.53. The van der Waals surface area contributed by atoms with Crippen LogP contribution in [-0.4, -0.2) is 9.97 Å². The van der Waals surface area contributed by atoms with Gasteiger partial charge >= 0.3 is 5.76 Å². The first kappa shape index (κ1) is 10.4. The summed E-state index contributed by atoms with van der Waals surface area (Å²) < 4.78 is 4.98. The van der Waals surface area contributed by atoms with Gasteiger partial charge in [0, 0.05) is 5.92 Å². The van der Waals surface area contributed by atoms with Gasteiger partial charge in [-0.25, -0.2) is 9.78 Å². The number of fused-ring (bicyclic) bond motifs is 1. The first-order chi connectivity index (χ1) is 8.24. The third kappa shape index (κ3) is 1.81. The fourth-order valence-electron chi connectivity index (χ4n) is 2.62. The lowest BCUT2D eigenvalue weighted by Gasteiger charge is -2.21. The first-order valence-corrected chi connectivity index (χ1v) is 6.03. The van der Waals surface area contributed by atoms with Crippen molar-refractivity contribution in [3.05, 3.63) is 22.3 Å². The van der Waals surface area contributed by atoms with Gasteiger partial charge < -0.3 is 10.2 Å². The molecule has 0 atom stereocenters. The molecule has 3 N–H and O–H groups in total. The minimum Gasteiger partial charge on any atom is -0.397 e. The molecule has 3 rings (SSSR count). The highest BCUT2D eigenvalue weighted by molar-refractivity contribution is 5.73. The molecule has 2 heterocycles. The zero-order chi connectivity index (χ0) is 11.8. The molecule has 1 aliphatic carbocycles. The molecule has 0 aliphatic heterocycles. The number of H-pyrrole nitrogens is 1. The van der Waals surface area contributed by atoms with Crippen LogP contribution in [0.15, 0.2) is 15.3 Å². The monoisotopic (exact) mass is 233 g/mol. The van der Waals surface area contributed by atoms with E-state index in [1.807, 2.05) is 0 Å². The number of nitrogens with one attached hydrogen (secondary N) is 1. The van der Waals surface area contributed by atoms with Gasteiger partial charge in [-0.05, 0) is 18.9 Å². The van der Waals surface area contributed by atoms with E-state index >= 15 is 0 Å². The highest BCUT2D eigenvalue weighted by Gasteiger charge is 2.20. The number of aromatic amines is 1. The van der Waals surface area contributed by atoms with Gasteiger partial charge in [-0.3, -0.25) is 4.98 Å². The van der Waals surface area contributed by atoms with Crippen molar-refractivity contribution >= 4 is 16.9 Å². The fourth-order valence-corrected chi connectivity index (χ4v) is 2.62. The molecule has 0 radical (unpaired) electrons. The Bertz CT molecular complexity index is 593. The maximum Gasteiger partial charge on any atom is 0.418 e. The molecule has 2 aromatic rings. The van der Waals surface area contributed by atoms with E-state index in [4.69, 9.17) is 10.2 Å². The van der Waals surface area contributed by atoms with Gasteiger partial charge in [0.2, 0.25) is 5.71 Å². The lowest BCUT2D eigenvalue weighted by atomic mass is 9.86. The van der Waals surface area contributed by atoms with Gasteiger partial charge in [-0.2, -0.15) is 0 Å². The van der Waals surface area contributed by atoms with Crippen LogP contribution in [0.2, 0.25) is 0 Å². The Morgan fingerprint density at radius 3 is 2.88 bits per heavy atom. The average Bonchev–Trinajstić information content (AvgIpc) is 2.68. The summed E-state index contributed by atoms with van der Waals surface area (Å²) in [7, 11) is 0. The van der Waals surface area contributed by atoms with Gasteiger partial charge in [0.1, 0.15) is 5.52 Å². The van der Waals surface area contributed by atoms with Gasteiger partial charge in [0.25, 0.3) is 0 Å². The Morgan fingerprint density at radius 1 is 1.35 bits per heavy atom. The first-order valence-electron chi connectivity index (χ1n) is 6.03. The lowest BCUT2D eigenvalue weighted by Crippen LogP contribution is -2.09. The van der Waals surface area contributed by atoms with E-state index in [0.29, 0.717) is 22.8 Å². The molecule has 1 aliphatic rings. The molecule has 1 saturated carbocycles. The summed E-state index contributed by atoms with van der Waals surface area (Å²) in [4.78, 5) is 18.0. The number of oxazole rings is 1. The van der Waals surface area contributed by atoms with Crippen molar-refractivity contribution < 1.29 is 4.42 Å². The molecule has 90 valence electrons. The third-order valence-corrected chi connectivity index (χ3v) is 3.47. The quantitative estimate of drug-likeness (QED) is 0.790. The van der Waals surface area contributed by atoms with Crippen molar-refractivity contribution in [3.63, 3.8) is 0 Å². The zero-order valence-electron chi connectivity index (χ0n) is 9.53. The summed E-state index contributed by atoms with van der Waals surface area (Å²) >= 11 is 0. The van der Waals surface area contributed by atoms with Gasteiger partial charge in [-0.1, -0.05) is 19.3 Å². The number of pyridine rings is 1. The van der Waals surface area contributed by atoms with Crippen LogP contribution in [0.4, 0.5) is 5.69 Å². The van der Waals surface area contributed by atoms with Gasteiger partial charge in [-0.15, -0.1) is 0 Å². The van der Waals surface area contributed by atoms with Crippen molar-refractivity contribution in [1.29, 1.82) is 0 Å². The van der Waals surface area contributed by atoms with E-state index in [1.165, 1.54) is 19.3 Å². The maximum atomic E-state index is 11.1. The minimum atomic E-state index is -0.479.